The molecule has 0 amide bonds. The topological polar surface area (TPSA) is 72.5 Å². The van der Waals surface area contributed by atoms with Crippen LogP contribution in [0.1, 0.15) is 46.4 Å². The molecule has 1 aromatic carbocycles. The van der Waals surface area contributed by atoms with Crippen LogP contribution in [0.2, 0.25) is 0 Å². The molecule has 1 unspecified atom stereocenters. The summed E-state index contributed by atoms with van der Waals surface area (Å²) in [5.41, 5.74) is 8.58. The Morgan fingerprint density at radius 1 is 1.31 bits per heavy atom. The molecule has 2 heterocycles. The highest BCUT2D eigenvalue weighted by molar-refractivity contribution is 14.0. The smallest absolute Gasteiger partial charge is 0.189 e. The number of nitrogens with one attached hydrogen (secondary N) is 1. The first-order chi connectivity index (χ1) is 12.3. The summed E-state index contributed by atoms with van der Waals surface area (Å²) in [4.78, 5) is 10.7. The lowest BCUT2D eigenvalue weighted by Gasteiger charge is -2.26. The summed E-state index contributed by atoms with van der Waals surface area (Å²) in [6.45, 7) is 1.38. The molecular weight excluding hydrogens is 459 g/mol. The maximum Gasteiger partial charge on any atom is 0.189 e. The van der Waals surface area contributed by atoms with E-state index in [1.807, 2.05) is 29.5 Å². The molecule has 2 aliphatic rings. The number of halogens is 1. The molecule has 2 aromatic rings. The molecule has 26 heavy (non-hydrogen) atoms. The van der Waals surface area contributed by atoms with Crippen molar-refractivity contribution in [2.24, 2.45) is 10.7 Å². The Bertz CT molecular complexity index is 753. The molecule has 5 nitrogen and oxygen atoms in total. The Morgan fingerprint density at radius 3 is 3.04 bits per heavy atom. The van der Waals surface area contributed by atoms with Crippen LogP contribution in [-0.2, 0) is 19.3 Å². The number of ether oxygens (including phenoxy) is 1. The molecular formula is C19H25IN4OS. The number of aliphatic imine (C=N–C) groups is 1. The van der Waals surface area contributed by atoms with Gasteiger partial charge in [-0.1, -0.05) is 18.2 Å². The zero-order valence-electron chi connectivity index (χ0n) is 14.7. The third-order valence-electron chi connectivity index (χ3n) is 4.78. The van der Waals surface area contributed by atoms with Gasteiger partial charge in [-0.15, -0.1) is 35.3 Å². The van der Waals surface area contributed by atoms with Crippen LogP contribution < -0.4 is 15.8 Å². The van der Waals surface area contributed by atoms with E-state index in [0.29, 0.717) is 19.1 Å². The lowest BCUT2D eigenvalue weighted by Crippen LogP contribution is -2.37. The van der Waals surface area contributed by atoms with Gasteiger partial charge in [0.15, 0.2) is 5.96 Å². The van der Waals surface area contributed by atoms with Gasteiger partial charge < -0.3 is 15.8 Å². The number of hydrogen-bond acceptors (Lipinski definition) is 4. The molecule has 0 radical (unpaired) electrons. The van der Waals surface area contributed by atoms with Crippen LogP contribution in [0, 0.1) is 0 Å². The van der Waals surface area contributed by atoms with Gasteiger partial charge in [0.2, 0.25) is 0 Å². The molecule has 4 rings (SSSR count). The molecule has 1 aliphatic heterocycles. The molecule has 140 valence electrons. The minimum Gasteiger partial charge on any atom is -0.493 e. The van der Waals surface area contributed by atoms with E-state index < -0.39 is 0 Å². The number of hydrogen-bond donors (Lipinski definition) is 2. The predicted octanol–water partition coefficient (Wildman–Crippen LogP) is 3.61. The Morgan fingerprint density at radius 2 is 2.15 bits per heavy atom. The van der Waals surface area contributed by atoms with Gasteiger partial charge in [0.25, 0.3) is 0 Å². The van der Waals surface area contributed by atoms with Gasteiger partial charge in [-0.3, -0.25) is 4.99 Å². The largest absolute Gasteiger partial charge is 0.493 e. The highest BCUT2D eigenvalue weighted by atomic mass is 127. The van der Waals surface area contributed by atoms with E-state index in [0.717, 1.165) is 30.6 Å². The average molecular weight is 484 g/mol. The molecule has 0 fully saturated rings. The first-order valence-electron chi connectivity index (χ1n) is 9.05. The van der Waals surface area contributed by atoms with Gasteiger partial charge in [0, 0.05) is 29.8 Å². The quantitative estimate of drug-likeness (QED) is 0.395. The number of nitrogens with two attached hydrogens (primary N) is 1. The number of rotatable bonds is 4. The third kappa shape index (κ3) is 4.49. The Hall–Kier alpha value is -1.35. The van der Waals surface area contributed by atoms with Crippen molar-refractivity contribution >= 4 is 41.3 Å². The number of aromatic nitrogens is 1. The maximum absolute atomic E-state index is 6.10. The maximum atomic E-state index is 6.10. The summed E-state index contributed by atoms with van der Waals surface area (Å²) < 4.78 is 5.69. The molecule has 0 spiro atoms. The van der Waals surface area contributed by atoms with Gasteiger partial charge >= 0.3 is 0 Å². The standard InChI is InChI=1S/C19H24N4OS.HI/c20-19(23-14-10-12-24-16-7-3-1-5-13(14)16)21-11-9-18-22-15-6-2-4-8-17(15)25-18;/h1,3,5,7,14H,2,4,6,8-12H2,(H3,20,21,23);1H. The van der Waals surface area contributed by atoms with Gasteiger partial charge in [0.05, 0.1) is 23.4 Å². The molecule has 0 saturated carbocycles. The Balaban J connectivity index is 0.00000196. The van der Waals surface area contributed by atoms with Crippen molar-refractivity contribution in [3.63, 3.8) is 0 Å². The van der Waals surface area contributed by atoms with Crippen LogP contribution in [-0.4, -0.2) is 24.1 Å². The van der Waals surface area contributed by atoms with Crippen LogP contribution in [0.5, 0.6) is 5.75 Å². The zero-order valence-corrected chi connectivity index (χ0v) is 17.9. The van der Waals surface area contributed by atoms with Crippen molar-refractivity contribution in [3.05, 3.63) is 45.4 Å². The fourth-order valence-corrected chi connectivity index (χ4v) is 4.65. The SMILES string of the molecule is I.NC(=NCCc1nc2c(s1)CCCC2)NC1CCOc2ccccc21. The second kappa shape index (κ2) is 9.03. The number of nitrogens with zero attached hydrogens (tertiary/aromatic N) is 2. The molecule has 0 saturated heterocycles. The summed E-state index contributed by atoms with van der Waals surface area (Å²) in [5, 5.41) is 4.54. The van der Waals surface area contributed by atoms with Crippen LogP contribution in [0.4, 0.5) is 0 Å². The molecule has 1 aliphatic carbocycles. The van der Waals surface area contributed by atoms with E-state index in [9.17, 15) is 0 Å². The highest BCUT2D eigenvalue weighted by Crippen LogP contribution is 2.31. The normalized spacial score (nSPS) is 18.9. The lowest BCUT2D eigenvalue weighted by molar-refractivity contribution is 0.262. The van der Waals surface area contributed by atoms with Gasteiger partial charge in [-0.2, -0.15) is 0 Å². The van der Waals surface area contributed by atoms with Crippen molar-refractivity contribution < 1.29 is 4.74 Å². The van der Waals surface area contributed by atoms with E-state index in [1.54, 1.807) is 0 Å². The van der Waals surface area contributed by atoms with Crippen molar-refractivity contribution in [1.29, 1.82) is 0 Å². The van der Waals surface area contributed by atoms with Crippen molar-refractivity contribution in [2.45, 2.75) is 44.6 Å². The van der Waals surface area contributed by atoms with Crippen LogP contribution in [0.25, 0.3) is 0 Å². The van der Waals surface area contributed by atoms with E-state index in [1.165, 1.54) is 34.8 Å². The monoisotopic (exact) mass is 484 g/mol. The average Bonchev–Trinajstić information content (AvgIpc) is 3.05. The number of para-hydroxylation sites is 1. The summed E-state index contributed by atoms with van der Waals surface area (Å²) >= 11 is 1.86. The van der Waals surface area contributed by atoms with Crippen LogP contribution in [0.15, 0.2) is 29.3 Å². The van der Waals surface area contributed by atoms with Gasteiger partial charge in [-0.25, -0.2) is 4.98 Å². The summed E-state index contributed by atoms with van der Waals surface area (Å²) in [6.07, 6.45) is 6.68. The van der Waals surface area contributed by atoms with E-state index >= 15 is 0 Å². The first-order valence-corrected chi connectivity index (χ1v) is 9.87. The van der Waals surface area contributed by atoms with Crippen molar-refractivity contribution in [3.8, 4) is 5.75 Å². The van der Waals surface area contributed by atoms with E-state index in [2.05, 4.69) is 16.4 Å². The van der Waals surface area contributed by atoms with Crippen LogP contribution in [0.3, 0.4) is 0 Å². The minimum atomic E-state index is 0. The van der Waals surface area contributed by atoms with Crippen molar-refractivity contribution in [1.82, 2.24) is 10.3 Å². The summed E-state index contributed by atoms with van der Waals surface area (Å²) in [5.74, 6) is 1.44. The number of fused-ring (bicyclic) bond motifs is 2. The second-order valence-electron chi connectivity index (χ2n) is 6.57. The minimum absolute atomic E-state index is 0. The first kappa shape index (κ1) is 19.4. The summed E-state index contributed by atoms with van der Waals surface area (Å²) in [7, 11) is 0. The Kier molecular flexibility index (Phi) is 6.74. The van der Waals surface area contributed by atoms with E-state index in [-0.39, 0.29) is 30.0 Å². The fraction of sp³-hybridized carbons (Fsp3) is 0.474. The molecule has 1 atom stereocenters. The molecule has 0 bridgehead atoms. The Labute approximate surface area is 175 Å². The number of benzene rings is 1. The second-order valence-corrected chi connectivity index (χ2v) is 7.74. The lowest BCUT2D eigenvalue weighted by atomic mass is 10.0. The highest BCUT2D eigenvalue weighted by Gasteiger charge is 2.21. The molecule has 7 heteroatoms. The molecule has 1 aromatic heterocycles. The fourth-order valence-electron chi connectivity index (χ4n) is 3.50. The van der Waals surface area contributed by atoms with Gasteiger partial charge in [0.1, 0.15) is 5.75 Å². The zero-order chi connectivity index (χ0) is 17.1. The van der Waals surface area contributed by atoms with Crippen molar-refractivity contribution in [2.75, 3.05) is 13.2 Å². The number of thiazole rings is 1. The number of aryl methyl sites for hydroxylation is 2. The van der Waals surface area contributed by atoms with E-state index in [4.69, 9.17) is 15.5 Å². The van der Waals surface area contributed by atoms with Gasteiger partial charge in [-0.05, 0) is 31.7 Å². The number of guanidine groups is 1. The summed E-state index contributed by atoms with van der Waals surface area (Å²) in [6, 6.07) is 8.27. The third-order valence-corrected chi connectivity index (χ3v) is 6.00. The molecule has 3 N–H and O–H groups in total. The van der Waals surface area contributed by atoms with Crippen LogP contribution >= 0.6 is 35.3 Å². The predicted molar refractivity (Wildman–Crippen MR) is 117 cm³/mol.